The Hall–Kier alpha value is -2.02. The molecule has 25 heavy (non-hydrogen) atoms. The summed E-state index contributed by atoms with van der Waals surface area (Å²) in [6.07, 6.45) is -0.963. The zero-order valence-electron chi connectivity index (χ0n) is 15.5. The predicted octanol–water partition coefficient (Wildman–Crippen LogP) is 4.39. The standard InChI is InChI=1S/C17H24ClNO6/c1-16(2,3)14(15(20)25-17(4,5)6)24-12-9-13(23-7)11(19(21)22)8-10(12)18/h8-9,14H,1-7H3. The number of benzene rings is 1. The smallest absolute Gasteiger partial charge is 0.348 e. The summed E-state index contributed by atoms with van der Waals surface area (Å²) in [6.45, 7) is 10.7. The second kappa shape index (κ2) is 7.47. The SMILES string of the molecule is COc1cc(OC(C(=O)OC(C)(C)C)C(C)(C)C)c(Cl)cc1[N+](=O)[O-]. The van der Waals surface area contributed by atoms with Crippen LogP contribution in [-0.4, -0.2) is 29.7 Å². The van der Waals surface area contributed by atoms with Gasteiger partial charge in [0.15, 0.2) is 0 Å². The minimum Gasteiger partial charge on any atom is -0.490 e. The van der Waals surface area contributed by atoms with Crippen LogP contribution >= 0.6 is 11.6 Å². The molecule has 7 nitrogen and oxygen atoms in total. The van der Waals surface area contributed by atoms with Crippen molar-refractivity contribution in [3.63, 3.8) is 0 Å². The third-order valence-corrected chi connectivity index (χ3v) is 3.38. The summed E-state index contributed by atoms with van der Waals surface area (Å²) in [5.41, 5.74) is -1.56. The highest BCUT2D eigenvalue weighted by Gasteiger charge is 2.37. The molecule has 1 atom stereocenters. The molecule has 1 unspecified atom stereocenters. The third kappa shape index (κ3) is 5.77. The Morgan fingerprint density at radius 3 is 2.12 bits per heavy atom. The maximum atomic E-state index is 12.5. The van der Waals surface area contributed by atoms with Gasteiger partial charge in [-0.25, -0.2) is 4.79 Å². The number of methoxy groups -OCH3 is 1. The number of halogens is 1. The van der Waals surface area contributed by atoms with Crippen LogP contribution in [0.2, 0.25) is 5.02 Å². The molecule has 0 N–H and O–H groups in total. The minimum atomic E-state index is -0.963. The van der Waals surface area contributed by atoms with Crippen molar-refractivity contribution >= 4 is 23.3 Å². The summed E-state index contributed by atoms with van der Waals surface area (Å²) in [6, 6.07) is 2.42. The second-order valence-electron chi connectivity index (χ2n) is 7.61. The van der Waals surface area contributed by atoms with E-state index in [1.807, 2.05) is 20.8 Å². The van der Waals surface area contributed by atoms with E-state index in [-0.39, 0.29) is 22.2 Å². The topological polar surface area (TPSA) is 87.9 Å². The molecule has 8 heteroatoms. The molecule has 1 aromatic carbocycles. The van der Waals surface area contributed by atoms with E-state index in [9.17, 15) is 14.9 Å². The Labute approximate surface area is 152 Å². The molecule has 0 amide bonds. The van der Waals surface area contributed by atoms with Gasteiger partial charge in [-0.1, -0.05) is 32.4 Å². The first-order valence-electron chi connectivity index (χ1n) is 7.67. The van der Waals surface area contributed by atoms with E-state index in [1.54, 1.807) is 20.8 Å². The monoisotopic (exact) mass is 373 g/mol. The number of ether oxygens (including phenoxy) is 3. The molecule has 0 radical (unpaired) electrons. The van der Waals surface area contributed by atoms with Crippen LogP contribution in [-0.2, 0) is 9.53 Å². The van der Waals surface area contributed by atoms with Crippen molar-refractivity contribution in [2.45, 2.75) is 53.2 Å². The highest BCUT2D eigenvalue weighted by atomic mass is 35.5. The maximum Gasteiger partial charge on any atom is 0.348 e. The van der Waals surface area contributed by atoms with E-state index in [2.05, 4.69) is 0 Å². The fourth-order valence-corrected chi connectivity index (χ4v) is 2.18. The number of hydrogen-bond donors (Lipinski definition) is 0. The summed E-state index contributed by atoms with van der Waals surface area (Å²) < 4.78 is 16.2. The van der Waals surface area contributed by atoms with E-state index >= 15 is 0 Å². The van der Waals surface area contributed by atoms with Crippen LogP contribution in [0, 0.1) is 15.5 Å². The van der Waals surface area contributed by atoms with Crippen LogP contribution in [0.3, 0.4) is 0 Å². The largest absolute Gasteiger partial charge is 0.490 e. The first-order chi connectivity index (χ1) is 11.3. The highest BCUT2D eigenvalue weighted by molar-refractivity contribution is 6.32. The molecule has 1 aromatic rings. The molecular formula is C17H24ClNO6. The number of rotatable bonds is 5. The van der Waals surface area contributed by atoms with Gasteiger partial charge in [0.2, 0.25) is 11.9 Å². The number of nitro benzene ring substituents is 1. The summed E-state index contributed by atoms with van der Waals surface area (Å²) in [4.78, 5) is 23.0. The van der Waals surface area contributed by atoms with Gasteiger partial charge in [-0.3, -0.25) is 10.1 Å². The lowest BCUT2D eigenvalue weighted by Gasteiger charge is -2.32. The number of carbonyl (C=O) groups excluding carboxylic acids is 1. The van der Waals surface area contributed by atoms with Gasteiger partial charge in [0.1, 0.15) is 11.4 Å². The van der Waals surface area contributed by atoms with Gasteiger partial charge in [0.25, 0.3) is 0 Å². The zero-order chi connectivity index (χ0) is 19.6. The van der Waals surface area contributed by atoms with Crippen molar-refractivity contribution in [3.05, 3.63) is 27.3 Å². The normalized spacial score (nSPS) is 13.1. The van der Waals surface area contributed by atoms with Gasteiger partial charge in [0, 0.05) is 17.5 Å². The summed E-state index contributed by atoms with van der Waals surface area (Å²) >= 11 is 6.10. The van der Waals surface area contributed by atoms with Gasteiger partial charge in [-0.2, -0.15) is 0 Å². The van der Waals surface area contributed by atoms with Gasteiger partial charge in [-0.05, 0) is 20.8 Å². The van der Waals surface area contributed by atoms with Crippen molar-refractivity contribution in [2.24, 2.45) is 5.41 Å². The molecule has 1 rings (SSSR count). The molecular weight excluding hydrogens is 350 g/mol. The summed E-state index contributed by atoms with van der Waals surface area (Å²) in [7, 11) is 1.30. The lowest BCUT2D eigenvalue weighted by Crippen LogP contribution is -2.43. The second-order valence-corrected chi connectivity index (χ2v) is 8.02. The molecule has 0 bridgehead atoms. The average Bonchev–Trinajstić information content (AvgIpc) is 2.41. The Bertz CT molecular complexity index is 660. The van der Waals surface area contributed by atoms with Crippen LogP contribution in [0.5, 0.6) is 11.5 Å². The number of nitrogens with zero attached hydrogens (tertiary/aromatic N) is 1. The fourth-order valence-electron chi connectivity index (χ4n) is 1.98. The van der Waals surface area contributed by atoms with Crippen molar-refractivity contribution < 1.29 is 23.9 Å². The fraction of sp³-hybridized carbons (Fsp3) is 0.588. The average molecular weight is 374 g/mol. The van der Waals surface area contributed by atoms with Crippen LogP contribution in [0.4, 0.5) is 5.69 Å². The molecule has 0 spiro atoms. The van der Waals surface area contributed by atoms with Gasteiger partial charge in [-0.15, -0.1) is 0 Å². The zero-order valence-corrected chi connectivity index (χ0v) is 16.3. The molecule has 0 saturated heterocycles. The first-order valence-corrected chi connectivity index (χ1v) is 8.05. The lowest BCUT2D eigenvalue weighted by atomic mass is 9.89. The number of hydrogen-bond acceptors (Lipinski definition) is 6. The number of nitro groups is 1. The van der Waals surface area contributed by atoms with E-state index in [0.29, 0.717) is 0 Å². The predicted molar refractivity (Wildman–Crippen MR) is 94.4 cm³/mol. The minimum absolute atomic E-state index is 0.00492. The molecule has 0 heterocycles. The lowest BCUT2D eigenvalue weighted by molar-refractivity contribution is -0.385. The number of carbonyl (C=O) groups is 1. The van der Waals surface area contributed by atoms with Crippen molar-refractivity contribution in [2.75, 3.05) is 7.11 Å². The maximum absolute atomic E-state index is 12.5. The molecule has 0 aliphatic rings. The summed E-state index contributed by atoms with van der Waals surface area (Å²) in [5, 5.41) is 11.0. The third-order valence-electron chi connectivity index (χ3n) is 3.08. The van der Waals surface area contributed by atoms with Crippen molar-refractivity contribution in [3.8, 4) is 11.5 Å². The van der Waals surface area contributed by atoms with Crippen LogP contribution in [0.15, 0.2) is 12.1 Å². The molecule has 0 fully saturated rings. The van der Waals surface area contributed by atoms with E-state index in [4.69, 9.17) is 25.8 Å². The summed E-state index contributed by atoms with van der Waals surface area (Å²) in [5.74, 6) is -0.454. The molecule has 140 valence electrons. The van der Waals surface area contributed by atoms with E-state index in [0.717, 1.165) is 6.07 Å². The Morgan fingerprint density at radius 2 is 1.72 bits per heavy atom. The van der Waals surface area contributed by atoms with Crippen molar-refractivity contribution in [1.82, 2.24) is 0 Å². The van der Waals surface area contributed by atoms with E-state index < -0.39 is 28.0 Å². The van der Waals surface area contributed by atoms with Crippen molar-refractivity contribution in [1.29, 1.82) is 0 Å². The van der Waals surface area contributed by atoms with Gasteiger partial charge < -0.3 is 14.2 Å². The highest BCUT2D eigenvalue weighted by Crippen LogP contribution is 2.39. The van der Waals surface area contributed by atoms with Crippen LogP contribution in [0.25, 0.3) is 0 Å². The molecule has 0 aliphatic carbocycles. The van der Waals surface area contributed by atoms with E-state index in [1.165, 1.54) is 13.2 Å². The Balaban J connectivity index is 3.26. The Morgan fingerprint density at radius 1 is 1.16 bits per heavy atom. The van der Waals surface area contributed by atoms with Crippen LogP contribution in [0.1, 0.15) is 41.5 Å². The van der Waals surface area contributed by atoms with Crippen LogP contribution < -0.4 is 9.47 Å². The van der Waals surface area contributed by atoms with Gasteiger partial charge in [0.05, 0.1) is 17.1 Å². The molecule has 0 saturated carbocycles. The molecule has 0 aliphatic heterocycles. The van der Waals surface area contributed by atoms with Gasteiger partial charge >= 0.3 is 11.7 Å². The quantitative estimate of drug-likeness (QED) is 0.432. The first kappa shape index (κ1) is 21.0. The Kier molecular flexibility index (Phi) is 6.28. The number of esters is 1. The molecule has 0 aromatic heterocycles.